The third-order valence-corrected chi connectivity index (χ3v) is 2.84. The molecule has 0 aromatic rings. The summed E-state index contributed by atoms with van der Waals surface area (Å²) in [6.45, 7) is 6.88. The smallest absolute Gasteiger partial charge is 0.0223 e. The van der Waals surface area contributed by atoms with Gasteiger partial charge in [0.05, 0.1) is 0 Å². The van der Waals surface area contributed by atoms with Gasteiger partial charge in [0.15, 0.2) is 0 Å². The summed E-state index contributed by atoms with van der Waals surface area (Å²) in [4.78, 5) is 0. The van der Waals surface area contributed by atoms with Crippen LogP contribution in [-0.2, 0) is 0 Å². The molecule has 0 radical (unpaired) electrons. The van der Waals surface area contributed by atoms with E-state index in [1.807, 2.05) is 0 Å². The van der Waals surface area contributed by atoms with Crippen LogP contribution in [0.1, 0.15) is 46.0 Å². The summed E-state index contributed by atoms with van der Waals surface area (Å²) in [5.74, 6) is 1.68. The Hall–Kier alpha value is 0.250. The van der Waals surface area contributed by atoms with Crippen molar-refractivity contribution < 1.29 is 0 Å². The summed E-state index contributed by atoms with van der Waals surface area (Å²) in [7, 11) is 0. The van der Waals surface area contributed by atoms with E-state index in [2.05, 4.69) is 19.2 Å². The van der Waals surface area contributed by atoms with Gasteiger partial charge in [-0.25, -0.2) is 0 Å². The highest BCUT2D eigenvalue weighted by atomic mass is 35.5. The molecule has 0 saturated heterocycles. The van der Waals surface area contributed by atoms with Crippen LogP contribution in [0.25, 0.3) is 0 Å². The molecular formula is C11H24ClN. The summed E-state index contributed by atoms with van der Waals surface area (Å²) in [5, 5.41) is 3.50. The van der Waals surface area contributed by atoms with E-state index in [-0.39, 0.29) is 0 Å². The van der Waals surface area contributed by atoms with E-state index in [0.29, 0.717) is 0 Å². The van der Waals surface area contributed by atoms with Crippen molar-refractivity contribution in [2.75, 3.05) is 19.0 Å². The first-order valence-corrected chi connectivity index (χ1v) is 6.15. The number of halogens is 1. The first-order valence-electron chi connectivity index (χ1n) is 5.61. The molecule has 0 spiro atoms. The van der Waals surface area contributed by atoms with Crippen LogP contribution in [0, 0.1) is 5.92 Å². The Morgan fingerprint density at radius 3 is 2.31 bits per heavy atom. The second-order valence-corrected chi connectivity index (χ2v) is 4.01. The molecule has 0 saturated carbocycles. The largest absolute Gasteiger partial charge is 0.316 e. The van der Waals surface area contributed by atoms with Crippen LogP contribution in [0.5, 0.6) is 0 Å². The minimum atomic E-state index is 0.812. The third kappa shape index (κ3) is 8.58. The van der Waals surface area contributed by atoms with Crippen molar-refractivity contribution in [3.05, 3.63) is 0 Å². The van der Waals surface area contributed by atoms with Crippen LogP contribution in [-0.4, -0.2) is 19.0 Å². The van der Waals surface area contributed by atoms with Gasteiger partial charge in [-0.15, -0.1) is 11.6 Å². The minimum absolute atomic E-state index is 0.812. The maximum absolute atomic E-state index is 5.59. The molecule has 0 fully saturated rings. The topological polar surface area (TPSA) is 12.0 Å². The molecule has 1 N–H and O–H groups in total. The van der Waals surface area contributed by atoms with E-state index >= 15 is 0 Å². The van der Waals surface area contributed by atoms with Gasteiger partial charge in [0.1, 0.15) is 0 Å². The average molecular weight is 206 g/mol. The summed E-state index contributed by atoms with van der Waals surface area (Å²) in [5.41, 5.74) is 0. The fourth-order valence-corrected chi connectivity index (χ4v) is 1.59. The first-order chi connectivity index (χ1) is 6.35. The molecule has 2 heteroatoms. The van der Waals surface area contributed by atoms with Crippen molar-refractivity contribution in [3.63, 3.8) is 0 Å². The van der Waals surface area contributed by atoms with Crippen LogP contribution in [0.2, 0.25) is 0 Å². The Morgan fingerprint density at radius 1 is 1.08 bits per heavy atom. The number of hydrogen-bond donors (Lipinski definition) is 1. The minimum Gasteiger partial charge on any atom is -0.316 e. The molecular weight excluding hydrogens is 182 g/mol. The zero-order chi connectivity index (χ0) is 9.94. The van der Waals surface area contributed by atoms with Crippen LogP contribution in [0.3, 0.4) is 0 Å². The SMILES string of the molecule is CCC(CC)CNCCCCCCl. The van der Waals surface area contributed by atoms with Crippen molar-refractivity contribution in [3.8, 4) is 0 Å². The molecule has 0 unspecified atom stereocenters. The highest BCUT2D eigenvalue weighted by molar-refractivity contribution is 6.17. The highest BCUT2D eigenvalue weighted by Gasteiger charge is 2.00. The number of nitrogens with one attached hydrogen (secondary N) is 1. The van der Waals surface area contributed by atoms with Crippen LogP contribution in [0.4, 0.5) is 0 Å². The number of alkyl halides is 1. The Morgan fingerprint density at radius 2 is 1.77 bits per heavy atom. The van der Waals surface area contributed by atoms with Gasteiger partial charge < -0.3 is 5.32 Å². The molecule has 13 heavy (non-hydrogen) atoms. The highest BCUT2D eigenvalue weighted by Crippen LogP contribution is 2.05. The monoisotopic (exact) mass is 205 g/mol. The lowest BCUT2D eigenvalue weighted by atomic mass is 10.0. The zero-order valence-corrected chi connectivity index (χ0v) is 9.87. The molecule has 0 aromatic carbocycles. The third-order valence-electron chi connectivity index (χ3n) is 2.57. The van der Waals surface area contributed by atoms with Gasteiger partial charge in [-0.2, -0.15) is 0 Å². The van der Waals surface area contributed by atoms with Crippen molar-refractivity contribution in [2.24, 2.45) is 5.92 Å². The van der Waals surface area contributed by atoms with Crippen LogP contribution >= 0.6 is 11.6 Å². The molecule has 0 aromatic heterocycles. The Bertz CT molecular complexity index is 92.1. The Balaban J connectivity index is 3.05. The normalized spacial score (nSPS) is 11.1. The Labute approximate surface area is 88.2 Å². The Kier molecular flexibility index (Phi) is 10.5. The summed E-state index contributed by atoms with van der Waals surface area (Å²) in [6.07, 6.45) is 6.29. The number of rotatable bonds is 9. The molecule has 1 nitrogen and oxygen atoms in total. The fraction of sp³-hybridized carbons (Fsp3) is 1.00. The van der Waals surface area contributed by atoms with E-state index in [0.717, 1.165) is 24.8 Å². The quantitative estimate of drug-likeness (QED) is 0.449. The van der Waals surface area contributed by atoms with Gasteiger partial charge in [-0.3, -0.25) is 0 Å². The van der Waals surface area contributed by atoms with E-state index < -0.39 is 0 Å². The van der Waals surface area contributed by atoms with E-state index in [1.165, 1.54) is 32.2 Å². The van der Waals surface area contributed by atoms with Crippen molar-refractivity contribution in [1.82, 2.24) is 5.32 Å². The lowest BCUT2D eigenvalue weighted by Crippen LogP contribution is -2.23. The average Bonchev–Trinajstić information content (AvgIpc) is 2.17. The lowest BCUT2D eigenvalue weighted by Gasteiger charge is -2.12. The van der Waals surface area contributed by atoms with Crippen molar-refractivity contribution in [1.29, 1.82) is 0 Å². The standard InChI is InChI=1S/C11H24ClN/c1-3-11(4-2)10-13-9-7-5-6-8-12/h11,13H,3-10H2,1-2H3. The van der Waals surface area contributed by atoms with Crippen LogP contribution in [0.15, 0.2) is 0 Å². The fourth-order valence-electron chi connectivity index (χ4n) is 1.40. The number of hydrogen-bond acceptors (Lipinski definition) is 1. The maximum Gasteiger partial charge on any atom is 0.0223 e. The molecule has 0 rings (SSSR count). The van der Waals surface area contributed by atoms with Gasteiger partial charge in [-0.05, 0) is 31.8 Å². The predicted octanol–water partition coefficient (Wildman–Crippen LogP) is 3.42. The molecule has 0 atom stereocenters. The van der Waals surface area contributed by atoms with Crippen LogP contribution < -0.4 is 5.32 Å². The molecule has 0 aliphatic heterocycles. The number of unbranched alkanes of at least 4 members (excludes halogenated alkanes) is 2. The van der Waals surface area contributed by atoms with Crippen molar-refractivity contribution in [2.45, 2.75) is 46.0 Å². The van der Waals surface area contributed by atoms with Gasteiger partial charge in [0, 0.05) is 5.88 Å². The second-order valence-electron chi connectivity index (χ2n) is 3.64. The molecule has 0 bridgehead atoms. The molecule has 0 aliphatic carbocycles. The molecule has 0 heterocycles. The van der Waals surface area contributed by atoms with E-state index in [9.17, 15) is 0 Å². The van der Waals surface area contributed by atoms with Gasteiger partial charge >= 0.3 is 0 Å². The van der Waals surface area contributed by atoms with E-state index in [4.69, 9.17) is 11.6 Å². The molecule has 80 valence electrons. The predicted molar refractivity (Wildman–Crippen MR) is 61.5 cm³/mol. The summed E-state index contributed by atoms with van der Waals surface area (Å²) < 4.78 is 0. The summed E-state index contributed by atoms with van der Waals surface area (Å²) in [6, 6.07) is 0. The maximum atomic E-state index is 5.59. The lowest BCUT2D eigenvalue weighted by molar-refractivity contribution is 0.445. The van der Waals surface area contributed by atoms with Gasteiger partial charge in [0.2, 0.25) is 0 Å². The van der Waals surface area contributed by atoms with Gasteiger partial charge in [0.25, 0.3) is 0 Å². The van der Waals surface area contributed by atoms with E-state index in [1.54, 1.807) is 0 Å². The second kappa shape index (κ2) is 10.3. The molecule has 0 aliphatic rings. The van der Waals surface area contributed by atoms with Gasteiger partial charge in [-0.1, -0.05) is 33.1 Å². The zero-order valence-electron chi connectivity index (χ0n) is 9.11. The first kappa shape index (κ1) is 13.2. The summed E-state index contributed by atoms with van der Waals surface area (Å²) >= 11 is 5.59. The van der Waals surface area contributed by atoms with Crippen molar-refractivity contribution >= 4 is 11.6 Å². The molecule has 0 amide bonds.